The van der Waals surface area contributed by atoms with Crippen LogP contribution in [0, 0.1) is 0 Å². The maximum absolute atomic E-state index is 12.3. The molecule has 0 spiro atoms. The second-order valence-corrected chi connectivity index (χ2v) is 8.48. The number of para-hydroxylation sites is 2. The minimum atomic E-state index is -3.65. The second kappa shape index (κ2) is 8.24. The summed E-state index contributed by atoms with van der Waals surface area (Å²) in [6.07, 6.45) is 0. The normalized spacial score (nSPS) is 11.5. The molecule has 1 amide bonds. The summed E-state index contributed by atoms with van der Waals surface area (Å²) in [7, 11) is -1.23. The lowest BCUT2D eigenvalue weighted by Crippen LogP contribution is -2.21. The number of carbonyl (C=O) groups is 1. The minimum Gasteiger partial charge on any atom is -0.354 e. The molecule has 8 heteroatoms. The smallest absolute Gasteiger partial charge is 0.354 e. The number of benzene rings is 3. The van der Waals surface area contributed by atoms with Gasteiger partial charge in [-0.2, -0.15) is 0 Å². The van der Waals surface area contributed by atoms with Gasteiger partial charge in [0.15, 0.2) is 0 Å². The third-order valence-corrected chi connectivity index (χ3v) is 6.16. The van der Waals surface area contributed by atoms with Crippen molar-refractivity contribution in [2.75, 3.05) is 19.5 Å². The number of nitrogens with zero attached hydrogens (tertiary/aromatic N) is 1. The Morgan fingerprint density at radius 1 is 0.833 bits per heavy atom. The Morgan fingerprint density at radius 3 is 1.90 bits per heavy atom. The van der Waals surface area contributed by atoms with Crippen LogP contribution in [0.15, 0.2) is 72.8 Å². The van der Waals surface area contributed by atoms with Gasteiger partial charge in [0.25, 0.3) is 5.91 Å². The number of amides is 1. The van der Waals surface area contributed by atoms with Gasteiger partial charge in [0.1, 0.15) is 0 Å². The predicted octanol–water partition coefficient (Wildman–Crippen LogP) is 5.26. The van der Waals surface area contributed by atoms with Gasteiger partial charge in [-0.3, -0.25) is 18.9 Å². The molecule has 0 aliphatic carbocycles. The highest BCUT2D eigenvalue weighted by atomic mass is 31.2. The van der Waals surface area contributed by atoms with Crippen molar-refractivity contribution >= 4 is 46.8 Å². The topological polar surface area (TPSA) is 89.5 Å². The summed E-state index contributed by atoms with van der Waals surface area (Å²) in [5.41, 5.74) is 3.86. The fourth-order valence-corrected chi connectivity index (χ4v) is 3.89. The van der Waals surface area contributed by atoms with E-state index in [1.165, 1.54) is 14.2 Å². The lowest BCUT2D eigenvalue weighted by atomic mass is 10.1. The summed E-state index contributed by atoms with van der Waals surface area (Å²) in [4.78, 5) is 17.0. The van der Waals surface area contributed by atoms with E-state index in [1.807, 2.05) is 48.5 Å². The van der Waals surface area contributed by atoms with E-state index in [0.29, 0.717) is 5.56 Å². The summed E-state index contributed by atoms with van der Waals surface area (Å²) in [6.45, 7) is 0. The van der Waals surface area contributed by atoms with Crippen molar-refractivity contribution in [2.24, 2.45) is 0 Å². The first-order chi connectivity index (χ1) is 14.5. The highest BCUT2D eigenvalue weighted by Crippen LogP contribution is 2.41. The Kier molecular flexibility index (Phi) is 5.50. The Labute approximate surface area is 173 Å². The quantitative estimate of drug-likeness (QED) is 0.326. The maximum atomic E-state index is 12.3. The zero-order valence-corrected chi connectivity index (χ0v) is 17.4. The largest absolute Gasteiger partial charge is 0.434 e. The van der Waals surface area contributed by atoms with Crippen LogP contribution >= 0.6 is 7.75 Å². The molecule has 2 N–H and O–H groups in total. The zero-order chi connectivity index (χ0) is 21.1. The molecule has 0 atom stereocenters. The van der Waals surface area contributed by atoms with Crippen molar-refractivity contribution in [2.45, 2.75) is 0 Å². The van der Waals surface area contributed by atoms with Gasteiger partial charge in [-0.1, -0.05) is 36.4 Å². The van der Waals surface area contributed by atoms with Gasteiger partial charge in [0, 0.05) is 36.2 Å². The van der Waals surface area contributed by atoms with Crippen molar-refractivity contribution in [1.82, 2.24) is 10.1 Å². The first-order valence-corrected chi connectivity index (χ1v) is 10.8. The van der Waals surface area contributed by atoms with Crippen molar-refractivity contribution in [3.8, 4) is 0 Å². The molecular weight excluding hydrogens is 401 g/mol. The number of fused-ring (bicyclic) bond motifs is 2. The van der Waals surface area contributed by atoms with Crippen molar-refractivity contribution < 1.29 is 18.4 Å². The van der Waals surface area contributed by atoms with E-state index < -0.39 is 13.7 Å². The molecule has 1 aromatic heterocycles. The Morgan fingerprint density at radius 2 is 1.37 bits per heavy atom. The van der Waals surface area contributed by atoms with Crippen molar-refractivity contribution in [1.29, 1.82) is 0 Å². The second-order valence-electron chi connectivity index (χ2n) is 6.53. The van der Waals surface area contributed by atoms with Gasteiger partial charge >= 0.3 is 7.75 Å². The standard InChI is InChI=1S/C22H20N3O4P/c1-28-30(27,29-2)25-22(26)15-11-13-16(14-12-15)23-21-17-7-3-5-9-19(17)24-20-10-6-4-8-18(20)21/h3-14H,1-2H3,(H,23,24)(H,25,26,27). The average molecular weight is 421 g/mol. The molecule has 0 saturated heterocycles. The van der Waals surface area contributed by atoms with E-state index in [0.717, 1.165) is 33.2 Å². The number of carbonyl (C=O) groups excluding carboxylic acids is 1. The molecule has 4 rings (SSSR count). The SMILES string of the molecule is COP(=O)(NC(=O)c1ccc(Nc2c3ccccc3nc3ccccc23)cc1)OC. The number of pyridine rings is 1. The molecule has 0 unspecified atom stereocenters. The fourth-order valence-electron chi connectivity index (χ4n) is 3.18. The number of rotatable bonds is 6. The lowest BCUT2D eigenvalue weighted by Gasteiger charge is -2.15. The first-order valence-electron chi connectivity index (χ1n) is 9.22. The van der Waals surface area contributed by atoms with Crippen LogP contribution in [-0.2, 0) is 13.6 Å². The van der Waals surface area contributed by atoms with Crippen LogP contribution in [0.25, 0.3) is 21.8 Å². The van der Waals surface area contributed by atoms with Crippen LogP contribution in [0.4, 0.5) is 11.4 Å². The van der Waals surface area contributed by atoms with Gasteiger partial charge in [0.2, 0.25) is 0 Å². The highest BCUT2D eigenvalue weighted by molar-refractivity contribution is 7.52. The number of hydrogen-bond donors (Lipinski definition) is 2. The van der Waals surface area contributed by atoms with E-state index in [1.54, 1.807) is 24.3 Å². The fraction of sp³-hybridized carbons (Fsp3) is 0.0909. The van der Waals surface area contributed by atoms with Crippen LogP contribution in [0.2, 0.25) is 0 Å². The van der Waals surface area contributed by atoms with E-state index in [2.05, 4.69) is 10.4 Å². The summed E-state index contributed by atoms with van der Waals surface area (Å²) < 4.78 is 21.6. The monoisotopic (exact) mass is 421 g/mol. The summed E-state index contributed by atoms with van der Waals surface area (Å²) in [5.74, 6) is -0.548. The van der Waals surface area contributed by atoms with Crippen LogP contribution in [0.1, 0.15) is 10.4 Å². The summed E-state index contributed by atoms with van der Waals surface area (Å²) in [6, 6.07) is 22.7. The van der Waals surface area contributed by atoms with Gasteiger partial charge in [0.05, 0.1) is 16.7 Å². The number of aromatic nitrogens is 1. The molecule has 0 fully saturated rings. The lowest BCUT2D eigenvalue weighted by molar-refractivity contribution is 0.0966. The molecule has 0 radical (unpaired) electrons. The van der Waals surface area contributed by atoms with Crippen LogP contribution < -0.4 is 10.4 Å². The van der Waals surface area contributed by atoms with Crippen molar-refractivity contribution in [3.63, 3.8) is 0 Å². The third kappa shape index (κ3) is 3.91. The molecule has 0 aliphatic rings. The number of nitrogens with one attached hydrogen (secondary N) is 2. The van der Waals surface area contributed by atoms with Crippen LogP contribution in [0.5, 0.6) is 0 Å². The van der Waals surface area contributed by atoms with Crippen LogP contribution in [-0.4, -0.2) is 25.1 Å². The minimum absolute atomic E-state index is 0.333. The first kappa shape index (κ1) is 20.0. The molecule has 3 aromatic carbocycles. The highest BCUT2D eigenvalue weighted by Gasteiger charge is 2.24. The molecule has 0 aliphatic heterocycles. The van der Waals surface area contributed by atoms with Gasteiger partial charge in [-0.15, -0.1) is 0 Å². The van der Waals surface area contributed by atoms with E-state index in [4.69, 9.17) is 14.0 Å². The molecule has 7 nitrogen and oxygen atoms in total. The van der Waals surface area contributed by atoms with Gasteiger partial charge < -0.3 is 5.32 Å². The van der Waals surface area contributed by atoms with E-state index in [9.17, 15) is 9.36 Å². The molecule has 1 heterocycles. The molecular formula is C22H20N3O4P. The van der Waals surface area contributed by atoms with Gasteiger partial charge in [-0.05, 0) is 36.4 Å². The Balaban J connectivity index is 1.66. The van der Waals surface area contributed by atoms with Crippen LogP contribution in [0.3, 0.4) is 0 Å². The maximum Gasteiger partial charge on any atom is 0.434 e. The molecule has 152 valence electrons. The molecule has 30 heavy (non-hydrogen) atoms. The number of anilines is 2. The summed E-state index contributed by atoms with van der Waals surface area (Å²) >= 11 is 0. The zero-order valence-electron chi connectivity index (χ0n) is 16.5. The third-order valence-electron chi connectivity index (χ3n) is 4.72. The summed E-state index contributed by atoms with van der Waals surface area (Å²) in [5, 5.41) is 7.72. The van der Waals surface area contributed by atoms with Gasteiger partial charge in [-0.25, -0.2) is 9.55 Å². The number of hydrogen-bond acceptors (Lipinski definition) is 6. The average Bonchev–Trinajstić information content (AvgIpc) is 2.79. The molecule has 0 saturated carbocycles. The molecule has 0 bridgehead atoms. The van der Waals surface area contributed by atoms with E-state index >= 15 is 0 Å². The Hall–Kier alpha value is -3.25. The predicted molar refractivity (Wildman–Crippen MR) is 118 cm³/mol. The van der Waals surface area contributed by atoms with Crippen molar-refractivity contribution in [3.05, 3.63) is 78.4 Å². The Bertz CT molecular complexity index is 1210. The van der Waals surface area contributed by atoms with E-state index in [-0.39, 0.29) is 0 Å². The molecule has 4 aromatic rings.